The van der Waals surface area contributed by atoms with Gasteiger partial charge >= 0.3 is 0 Å². The van der Waals surface area contributed by atoms with E-state index < -0.39 is 29.1 Å². The molecule has 2 aromatic carbocycles. The molecule has 24 heavy (non-hydrogen) atoms. The molecule has 2 N–H and O–H groups in total. The molecule has 0 aliphatic carbocycles. The first-order chi connectivity index (χ1) is 11.5. The molecule has 1 heterocycles. The largest absolute Gasteiger partial charge is 0.386 e. The SMILES string of the molecule is Cc1cc(NCC(O)c2c(F)cccc2F)c2cc(F)ccc2n1. The van der Waals surface area contributed by atoms with Gasteiger partial charge in [0.15, 0.2) is 0 Å². The van der Waals surface area contributed by atoms with Gasteiger partial charge in [-0.3, -0.25) is 4.98 Å². The highest BCUT2D eigenvalue weighted by Gasteiger charge is 2.18. The molecule has 0 saturated carbocycles. The normalized spacial score (nSPS) is 12.4. The number of aliphatic hydroxyl groups is 1. The van der Waals surface area contributed by atoms with Crippen LogP contribution in [-0.4, -0.2) is 16.6 Å². The maximum atomic E-state index is 13.7. The number of aliphatic hydroxyl groups excluding tert-OH is 1. The van der Waals surface area contributed by atoms with Gasteiger partial charge in [-0.15, -0.1) is 0 Å². The fourth-order valence-corrected chi connectivity index (χ4v) is 2.61. The Balaban J connectivity index is 1.89. The number of aromatic nitrogens is 1. The summed E-state index contributed by atoms with van der Waals surface area (Å²) in [7, 11) is 0. The molecule has 0 radical (unpaired) electrons. The molecule has 1 unspecified atom stereocenters. The van der Waals surface area contributed by atoms with Crippen LogP contribution in [0.25, 0.3) is 10.9 Å². The number of pyridine rings is 1. The molecule has 3 nitrogen and oxygen atoms in total. The van der Waals surface area contributed by atoms with Crippen LogP contribution in [0.4, 0.5) is 18.9 Å². The van der Waals surface area contributed by atoms with E-state index in [0.29, 0.717) is 22.3 Å². The molecule has 0 fully saturated rings. The van der Waals surface area contributed by atoms with Gasteiger partial charge in [-0.2, -0.15) is 0 Å². The summed E-state index contributed by atoms with van der Waals surface area (Å²) in [5.41, 5.74) is 1.42. The molecule has 3 aromatic rings. The zero-order chi connectivity index (χ0) is 17.3. The van der Waals surface area contributed by atoms with E-state index in [1.54, 1.807) is 19.1 Å². The van der Waals surface area contributed by atoms with Crippen LogP contribution in [0.3, 0.4) is 0 Å². The molecule has 0 spiro atoms. The standard InChI is InChI=1S/C18H15F3N2O/c1-10-7-16(12-8-11(19)5-6-15(12)23-10)22-9-17(24)18-13(20)3-2-4-14(18)21/h2-8,17,24H,9H2,1H3,(H,22,23). The molecule has 0 aliphatic heterocycles. The van der Waals surface area contributed by atoms with E-state index in [4.69, 9.17) is 0 Å². The van der Waals surface area contributed by atoms with Gasteiger partial charge in [0.1, 0.15) is 23.6 Å². The van der Waals surface area contributed by atoms with Crippen molar-refractivity contribution >= 4 is 16.6 Å². The van der Waals surface area contributed by atoms with Crippen LogP contribution >= 0.6 is 0 Å². The summed E-state index contributed by atoms with van der Waals surface area (Å²) in [5.74, 6) is -2.05. The van der Waals surface area contributed by atoms with Gasteiger partial charge in [-0.1, -0.05) is 6.07 Å². The van der Waals surface area contributed by atoms with Crippen molar-refractivity contribution in [3.8, 4) is 0 Å². The molecule has 1 aromatic heterocycles. The maximum Gasteiger partial charge on any atom is 0.132 e. The van der Waals surface area contributed by atoms with Crippen molar-refractivity contribution in [1.29, 1.82) is 0 Å². The van der Waals surface area contributed by atoms with Gasteiger partial charge in [0, 0.05) is 23.3 Å². The molecular weight excluding hydrogens is 317 g/mol. The van der Waals surface area contributed by atoms with E-state index in [0.717, 1.165) is 12.1 Å². The number of hydrogen-bond acceptors (Lipinski definition) is 3. The Morgan fingerprint density at radius 2 is 1.79 bits per heavy atom. The number of benzene rings is 2. The summed E-state index contributed by atoms with van der Waals surface area (Å²) in [4.78, 5) is 4.30. The Morgan fingerprint density at radius 1 is 1.08 bits per heavy atom. The van der Waals surface area contributed by atoms with Crippen LogP contribution in [0.2, 0.25) is 0 Å². The van der Waals surface area contributed by atoms with E-state index in [2.05, 4.69) is 10.3 Å². The van der Waals surface area contributed by atoms with E-state index >= 15 is 0 Å². The third-order valence-electron chi connectivity index (χ3n) is 3.72. The average Bonchev–Trinajstić information content (AvgIpc) is 2.53. The predicted octanol–water partition coefficient (Wildman–Crippen LogP) is 4.11. The van der Waals surface area contributed by atoms with Crippen LogP contribution in [0.1, 0.15) is 17.4 Å². The van der Waals surface area contributed by atoms with Gasteiger partial charge in [0.05, 0.1) is 11.1 Å². The Bertz CT molecular complexity index is 879. The maximum absolute atomic E-state index is 13.7. The van der Waals surface area contributed by atoms with Crippen LogP contribution in [0.5, 0.6) is 0 Å². The zero-order valence-electron chi connectivity index (χ0n) is 12.9. The zero-order valence-corrected chi connectivity index (χ0v) is 12.9. The number of nitrogens with one attached hydrogen (secondary N) is 1. The number of rotatable bonds is 4. The van der Waals surface area contributed by atoms with E-state index in [1.807, 2.05) is 0 Å². The third kappa shape index (κ3) is 3.19. The van der Waals surface area contributed by atoms with Gasteiger partial charge in [0.2, 0.25) is 0 Å². The number of anilines is 1. The number of fused-ring (bicyclic) bond motifs is 1. The Hall–Kier alpha value is -2.60. The highest BCUT2D eigenvalue weighted by molar-refractivity contribution is 5.91. The van der Waals surface area contributed by atoms with Crippen molar-refractivity contribution in [2.24, 2.45) is 0 Å². The summed E-state index contributed by atoms with van der Waals surface area (Å²) in [6.07, 6.45) is -1.39. The van der Waals surface area contributed by atoms with Crippen molar-refractivity contribution in [2.75, 3.05) is 11.9 Å². The van der Waals surface area contributed by atoms with Gasteiger partial charge in [-0.05, 0) is 43.3 Å². The summed E-state index contributed by atoms with van der Waals surface area (Å²) < 4.78 is 40.9. The number of halogens is 3. The topological polar surface area (TPSA) is 45.1 Å². The number of nitrogens with zero attached hydrogens (tertiary/aromatic N) is 1. The summed E-state index contributed by atoms with van der Waals surface area (Å²) in [6.45, 7) is 1.65. The molecule has 0 bridgehead atoms. The lowest BCUT2D eigenvalue weighted by Gasteiger charge is -2.16. The second-order valence-electron chi connectivity index (χ2n) is 5.50. The first kappa shape index (κ1) is 16.3. The van der Waals surface area contributed by atoms with Crippen LogP contribution < -0.4 is 5.32 Å². The Morgan fingerprint density at radius 3 is 2.50 bits per heavy atom. The molecule has 1 atom stereocenters. The summed E-state index contributed by atoms with van der Waals surface area (Å²) in [6, 6.07) is 9.27. The molecule has 0 saturated heterocycles. The molecule has 6 heteroatoms. The fraction of sp³-hybridized carbons (Fsp3) is 0.167. The number of aryl methyl sites for hydroxylation is 1. The monoisotopic (exact) mass is 332 g/mol. The minimum atomic E-state index is -1.39. The van der Waals surface area contributed by atoms with Gasteiger partial charge < -0.3 is 10.4 Å². The smallest absolute Gasteiger partial charge is 0.132 e. The van der Waals surface area contributed by atoms with Crippen LogP contribution in [-0.2, 0) is 0 Å². The molecule has 3 rings (SSSR count). The molecular formula is C18H15F3N2O. The first-order valence-electron chi connectivity index (χ1n) is 7.38. The highest BCUT2D eigenvalue weighted by Crippen LogP contribution is 2.26. The van der Waals surface area contributed by atoms with Gasteiger partial charge in [0.25, 0.3) is 0 Å². The van der Waals surface area contributed by atoms with Crippen molar-refractivity contribution < 1.29 is 18.3 Å². The molecule has 0 aliphatic rings. The van der Waals surface area contributed by atoms with Crippen molar-refractivity contribution in [2.45, 2.75) is 13.0 Å². The van der Waals surface area contributed by atoms with Crippen LogP contribution in [0, 0.1) is 24.4 Å². The highest BCUT2D eigenvalue weighted by atomic mass is 19.1. The lowest BCUT2D eigenvalue weighted by Crippen LogP contribution is -2.15. The van der Waals surface area contributed by atoms with E-state index in [-0.39, 0.29) is 6.54 Å². The summed E-state index contributed by atoms with van der Waals surface area (Å²) >= 11 is 0. The Labute approximate surface area is 136 Å². The first-order valence-corrected chi connectivity index (χ1v) is 7.38. The lowest BCUT2D eigenvalue weighted by atomic mass is 10.1. The average molecular weight is 332 g/mol. The lowest BCUT2D eigenvalue weighted by molar-refractivity contribution is 0.181. The second-order valence-corrected chi connectivity index (χ2v) is 5.50. The van der Waals surface area contributed by atoms with Gasteiger partial charge in [-0.25, -0.2) is 13.2 Å². The summed E-state index contributed by atoms with van der Waals surface area (Å²) in [5, 5.41) is 13.6. The molecule has 124 valence electrons. The number of hydrogen-bond donors (Lipinski definition) is 2. The Kier molecular flexibility index (Phi) is 4.40. The fourth-order valence-electron chi connectivity index (χ4n) is 2.61. The quantitative estimate of drug-likeness (QED) is 0.756. The minimum absolute atomic E-state index is 0.132. The van der Waals surface area contributed by atoms with E-state index in [9.17, 15) is 18.3 Å². The van der Waals surface area contributed by atoms with Crippen LogP contribution in [0.15, 0.2) is 42.5 Å². The van der Waals surface area contributed by atoms with E-state index in [1.165, 1.54) is 18.2 Å². The third-order valence-corrected chi connectivity index (χ3v) is 3.72. The van der Waals surface area contributed by atoms with Crippen molar-refractivity contribution in [3.05, 3.63) is 71.2 Å². The van der Waals surface area contributed by atoms with Crippen molar-refractivity contribution in [3.63, 3.8) is 0 Å². The molecule has 0 amide bonds. The van der Waals surface area contributed by atoms with Crippen molar-refractivity contribution in [1.82, 2.24) is 4.98 Å². The minimum Gasteiger partial charge on any atom is -0.386 e. The predicted molar refractivity (Wildman–Crippen MR) is 86.2 cm³/mol. The second kappa shape index (κ2) is 6.49.